The standard InChI is InChI=1S/C17H20ClN3O2/c18-14-3-5-15(6-4-14)21-9-7-20(8-10-21)13-17(22)19-12-16-2-1-11-23-16/h1-6,11H,7-10,12-13H2,(H,19,22). The molecule has 1 saturated heterocycles. The zero-order chi connectivity index (χ0) is 16.1. The Labute approximate surface area is 140 Å². The molecule has 1 aliphatic heterocycles. The second-order valence-electron chi connectivity index (χ2n) is 5.60. The van der Waals surface area contributed by atoms with Crippen LogP contribution in [0.2, 0.25) is 5.02 Å². The fraction of sp³-hybridized carbons (Fsp3) is 0.353. The number of nitrogens with one attached hydrogen (secondary N) is 1. The van der Waals surface area contributed by atoms with Gasteiger partial charge >= 0.3 is 0 Å². The summed E-state index contributed by atoms with van der Waals surface area (Å²) < 4.78 is 5.20. The van der Waals surface area contributed by atoms with Gasteiger partial charge in [0.2, 0.25) is 5.91 Å². The van der Waals surface area contributed by atoms with Crippen LogP contribution in [0.1, 0.15) is 5.76 Å². The minimum absolute atomic E-state index is 0.0290. The topological polar surface area (TPSA) is 48.7 Å². The number of hydrogen-bond donors (Lipinski definition) is 1. The maximum Gasteiger partial charge on any atom is 0.234 e. The number of carbonyl (C=O) groups is 1. The van der Waals surface area contributed by atoms with Gasteiger partial charge in [0.1, 0.15) is 5.76 Å². The summed E-state index contributed by atoms with van der Waals surface area (Å²) in [5.74, 6) is 0.798. The molecule has 0 saturated carbocycles. The molecule has 0 radical (unpaired) electrons. The van der Waals surface area contributed by atoms with Gasteiger partial charge in [0.15, 0.2) is 0 Å². The minimum Gasteiger partial charge on any atom is -0.467 e. The molecule has 2 heterocycles. The van der Waals surface area contributed by atoms with Crippen molar-refractivity contribution in [2.45, 2.75) is 6.54 Å². The van der Waals surface area contributed by atoms with Crippen molar-refractivity contribution in [3.8, 4) is 0 Å². The van der Waals surface area contributed by atoms with Crippen LogP contribution in [0.5, 0.6) is 0 Å². The molecule has 0 atom stereocenters. The highest BCUT2D eigenvalue weighted by molar-refractivity contribution is 6.30. The Morgan fingerprint density at radius 1 is 1.13 bits per heavy atom. The lowest BCUT2D eigenvalue weighted by Gasteiger charge is -2.35. The van der Waals surface area contributed by atoms with Gasteiger partial charge in [-0.05, 0) is 36.4 Å². The van der Waals surface area contributed by atoms with E-state index < -0.39 is 0 Å². The van der Waals surface area contributed by atoms with E-state index in [0.717, 1.165) is 37.0 Å². The molecule has 3 rings (SSSR count). The van der Waals surface area contributed by atoms with Crippen molar-refractivity contribution in [2.24, 2.45) is 0 Å². The van der Waals surface area contributed by atoms with Crippen molar-refractivity contribution >= 4 is 23.2 Å². The first-order valence-corrected chi connectivity index (χ1v) is 8.10. The molecular weight excluding hydrogens is 314 g/mol. The second-order valence-corrected chi connectivity index (χ2v) is 6.03. The van der Waals surface area contributed by atoms with Gasteiger partial charge in [-0.1, -0.05) is 11.6 Å². The first kappa shape index (κ1) is 15.9. The first-order chi connectivity index (χ1) is 11.2. The maximum atomic E-state index is 12.0. The summed E-state index contributed by atoms with van der Waals surface area (Å²) in [5, 5.41) is 3.63. The number of anilines is 1. The second kappa shape index (κ2) is 7.53. The molecule has 1 amide bonds. The number of furan rings is 1. The zero-order valence-electron chi connectivity index (χ0n) is 12.9. The summed E-state index contributed by atoms with van der Waals surface area (Å²) in [6.45, 7) is 4.43. The van der Waals surface area contributed by atoms with E-state index in [4.69, 9.17) is 16.0 Å². The first-order valence-electron chi connectivity index (χ1n) is 7.73. The van der Waals surface area contributed by atoms with Gasteiger partial charge in [-0.25, -0.2) is 0 Å². The van der Waals surface area contributed by atoms with Crippen molar-refractivity contribution in [3.05, 3.63) is 53.4 Å². The maximum absolute atomic E-state index is 12.0. The molecule has 1 N–H and O–H groups in total. The van der Waals surface area contributed by atoms with Crippen molar-refractivity contribution in [1.29, 1.82) is 0 Å². The fourth-order valence-electron chi connectivity index (χ4n) is 2.67. The monoisotopic (exact) mass is 333 g/mol. The van der Waals surface area contributed by atoms with Crippen LogP contribution in [-0.2, 0) is 11.3 Å². The lowest BCUT2D eigenvalue weighted by atomic mass is 10.2. The largest absolute Gasteiger partial charge is 0.467 e. The van der Waals surface area contributed by atoms with E-state index in [0.29, 0.717) is 13.1 Å². The van der Waals surface area contributed by atoms with Crippen molar-refractivity contribution < 1.29 is 9.21 Å². The average Bonchev–Trinajstić information content (AvgIpc) is 3.08. The Balaban J connectivity index is 1.42. The number of benzene rings is 1. The summed E-state index contributed by atoms with van der Waals surface area (Å²) >= 11 is 5.92. The van der Waals surface area contributed by atoms with Gasteiger partial charge in [0, 0.05) is 36.9 Å². The van der Waals surface area contributed by atoms with Gasteiger partial charge in [0.25, 0.3) is 0 Å². The van der Waals surface area contributed by atoms with E-state index in [1.807, 2.05) is 36.4 Å². The summed E-state index contributed by atoms with van der Waals surface area (Å²) in [5.41, 5.74) is 1.18. The summed E-state index contributed by atoms with van der Waals surface area (Å²) in [7, 11) is 0. The van der Waals surface area contributed by atoms with Crippen LogP contribution in [0, 0.1) is 0 Å². The van der Waals surface area contributed by atoms with Crippen LogP contribution >= 0.6 is 11.6 Å². The Morgan fingerprint density at radius 2 is 1.87 bits per heavy atom. The third-order valence-corrected chi connectivity index (χ3v) is 4.22. The molecule has 5 nitrogen and oxygen atoms in total. The van der Waals surface area contributed by atoms with Crippen molar-refractivity contribution in [3.63, 3.8) is 0 Å². The van der Waals surface area contributed by atoms with Gasteiger partial charge in [-0.15, -0.1) is 0 Å². The van der Waals surface area contributed by atoms with E-state index in [9.17, 15) is 4.79 Å². The predicted octanol–water partition coefficient (Wildman–Crippen LogP) is 2.37. The molecule has 1 aromatic heterocycles. The molecule has 1 fully saturated rings. The number of hydrogen-bond acceptors (Lipinski definition) is 4. The van der Waals surface area contributed by atoms with E-state index in [1.54, 1.807) is 6.26 Å². The average molecular weight is 334 g/mol. The Bertz CT molecular complexity index is 620. The number of nitrogens with zero attached hydrogens (tertiary/aromatic N) is 2. The Kier molecular flexibility index (Phi) is 5.20. The summed E-state index contributed by atoms with van der Waals surface area (Å²) in [6, 6.07) is 11.6. The highest BCUT2D eigenvalue weighted by Crippen LogP contribution is 2.19. The van der Waals surface area contributed by atoms with Crippen LogP contribution in [0.4, 0.5) is 5.69 Å². The molecule has 0 bridgehead atoms. The molecule has 122 valence electrons. The molecule has 0 unspecified atom stereocenters. The molecule has 23 heavy (non-hydrogen) atoms. The molecule has 1 aliphatic rings. The predicted molar refractivity (Wildman–Crippen MR) is 90.7 cm³/mol. The minimum atomic E-state index is 0.0290. The third kappa shape index (κ3) is 4.50. The summed E-state index contributed by atoms with van der Waals surface area (Å²) in [4.78, 5) is 16.5. The molecule has 6 heteroatoms. The quantitative estimate of drug-likeness (QED) is 0.912. The number of carbonyl (C=O) groups excluding carboxylic acids is 1. The molecule has 1 aromatic carbocycles. The number of rotatable bonds is 5. The van der Waals surface area contributed by atoms with Crippen LogP contribution in [-0.4, -0.2) is 43.5 Å². The Hall–Kier alpha value is -1.98. The van der Waals surface area contributed by atoms with E-state index >= 15 is 0 Å². The highest BCUT2D eigenvalue weighted by atomic mass is 35.5. The Morgan fingerprint density at radius 3 is 2.52 bits per heavy atom. The fourth-order valence-corrected chi connectivity index (χ4v) is 2.80. The summed E-state index contributed by atoms with van der Waals surface area (Å²) in [6.07, 6.45) is 1.61. The zero-order valence-corrected chi connectivity index (χ0v) is 13.6. The molecular formula is C17H20ClN3O2. The van der Waals surface area contributed by atoms with E-state index in [-0.39, 0.29) is 5.91 Å². The van der Waals surface area contributed by atoms with Crippen molar-refractivity contribution in [1.82, 2.24) is 10.2 Å². The SMILES string of the molecule is O=C(CN1CCN(c2ccc(Cl)cc2)CC1)NCc1ccco1. The van der Waals surface area contributed by atoms with E-state index in [1.165, 1.54) is 5.69 Å². The van der Waals surface area contributed by atoms with Crippen LogP contribution in [0.3, 0.4) is 0 Å². The number of halogens is 1. The molecule has 0 aliphatic carbocycles. The van der Waals surface area contributed by atoms with Gasteiger partial charge in [0.05, 0.1) is 19.4 Å². The number of piperazine rings is 1. The van der Waals surface area contributed by atoms with Crippen LogP contribution < -0.4 is 10.2 Å². The smallest absolute Gasteiger partial charge is 0.234 e. The van der Waals surface area contributed by atoms with Gasteiger partial charge in [-0.3, -0.25) is 9.69 Å². The van der Waals surface area contributed by atoms with Crippen LogP contribution in [0.25, 0.3) is 0 Å². The lowest BCUT2D eigenvalue weighted by Crippen LogP contribution is -2.49. The third-order valence-electron chi connectivity index (χ3n) is 3.97. The van der Waals surface area contributed by atoms with E-state index in [2.05, 4.69) is 15.1 Å². The lowest BCUT2D eigenvalue weighted by molar-refractivity contribution is -0.122. The molecule has 0 spiro atoms. The van der Waals surface area contributed by atoms with Crippen LogP contribution in [0.15, 0.2) is 47.1 Å². The number of amides is 1. The van der Waals surface area contributed by atoms with Gasteiger partial charge in [-0.2, -0.15) is 0 Å². The normalized spacial score (nSPS) is 15.6. The van der Waals surface area contributed by atoms with Gasteiger partial charge < -0.3 is 14.6 Å². The molecule has 2 aromatic rings. The van der Waals surface area contributed by atoms with Crippen molar-refractivity contribution in [2.75, 3.05) is 37.6 Å². The highest BCUT2D eigenvalue weighted by Gasteiger charge is 2.19.